The van der Waals surface area contributed by atoms with Crippen molar-refractivity contribution in [3.63, 3.8) is 0 Å². The van der Waals surface area contributed by atoms with E-state index in [0.29, 0.717) is 10.0 Å². The maximum atomic E-state index is 13.1. The molecule has 4 aliphatic carbocycles. The van der Waals surface area contributed by atoms with Gasteiger partial charge in [-0.2, -0.15) is 5.10 Å². The van der Waals surface area contributed by atoms with Crippen molar-refractivity contribution in [2.24, 2.45) is 17.8 Å². The largest absolute Gasteiger partial charge is 0.296 e. The molecule has 1 amide bonds. The van der Waals surface area contributed by atoms with Crippen molar-refractivity contribution >= 4 is 43.9 Å². The van der Waals surface area contributed by atoms with Crippen LogP contribution in [0.5, 0.6) is 0 Å². The van der Waals surface area contributed by atoms with Crippen LogP contribution in [0.2, 0.25) is 0 Å². The van der Waals surface area contributed by atoms with E-state index in [9.17, 15) is 4.79 Å². The number of hydrogen-bond donors (Lipinski definition) is 1. The molecule has 4 bridgehead atoms. The molecule has 6 nitrogen and oxygen atoms in total. The zero-order valence-corrected chi connectivity index (χ0v) is 20.1. The van der Waals surface area contributed by atoms with E-state index in [2.05, 4.69) is 20.6 Å². The summed E-state index contributed by atoms with van der Waals surface area (Å²) in [4.78, 5) is 14.8. The Kier molecular flexibility index (Phi) is 4.34. The number of nitrogens with one attached hydrogen (secondary N) is 1. The number of thiophene rings is 1. The van der Waals surface area contributed by atoms with Crippen LogP contribution in [0.1, 0.15) is 58.9 Å². The van der Waals surface area contributed by atoms with Crippen LogP contribution in [0, 0.1) is 24.7 Å². The SMILES string of the molecule is Cc1nn(-c2ccccc2)c2sc(C(=O)Nc3nnc(C45CC6CC(CC(C6)C4)C5)s3)cc12. The van der Waals surface area contributed by atoms with Gasteiger partial charge in [0.1, 0.15) is 9.84 Å². The van der Waals surface area contributed by atoms with Crippen molar-refractivity contribution in [1.82, 2.24) is 20.0 Å². The summed E-state index contributed by atoms with van der Waals surface area (Å²) in [5, 5.41) is 19.5. The molecule has 0 atom stereocenters. The molecular formula is C25H25N5OS2. The lowest BCUT2D eigenvalue weighted by molar-refractivity contribution is -0.00555. The quantitative estimate of drug-likeness (QED) is 0.395. The smallest absolute Gasteiger partial charge is 0.267 e. The Morgan fingerprint density at radius 2 is 1.73 bits per heavy atom. The molecule has 33 heavy (non-hydrogen) atoms. The predicted molar refractivity (Wildman–Crippen MR) is 131 cm³/mol. The molecule has 0 unspecified atom stereocenters. The van der Waals surface area contributed by atoms with Gasteiger partial charge in [-0.15, -0.1) is 21.5 Å². The molecule has 0 radical (unpaired) electrons. The van der Waals surface area contributed by atoms with Gasteiger partial charge >= 0.3 is 0 Å². The monoisotopic (exact) mass is 475 g/mol. The van der Waals surface area contributed by atoms with Crippen molar-refractivity contribution in [3.8, 4) is 5.69 Å². The summed E-state index contributed by atoms with van der Waals surface area (Å²) >= 11 is 3.06. The summed E-state index contributed by atoms with van der Waals surface area (Å²) in [6.07, 6.45) is 8.00. The van der Waals surface area contributed by atoms with Gasteiger partial charge in [0.05, 0.1) is 16.3 Å². The number of nitrogens with zero attached hydrogens (tertiary/aromatic N) is 4. The summed E-state index contributed by atoms with van der Waals surface area (Å²) in [6, 6.07) is 12.0. The molecular weight excluding hydrogens is 450 g/mol. The van der Waals surface area contributed by atoms with Crippen molar-refractivity contribution in [1.29, 1.82) is 0 Å². The fourth-order valence-corrected chi connectivity index (χ4v) is 8.96. The van der Waals surface area contributed by atoms with E-state index < -0.39 is 0 Å². The number of hydrogen-bond acceptors (Lipinski definition) is 6. The number of aromatic nitrogens is 4. The summed E-state index contributed by atoms with van der Waals surface area (Å²) in [7, 11) is 0. The average molecular weight is 476 g/mol. The van der Waals surface area contributed by atoms with Crippen LogP contribution in [0.25, 0.3) is 15.9 Å². The van der Waals surface area contributed by atoms with E-state index in [1.54, 1.807) is 11.3 Å². The second kappa shape index (κ2) is 7.21. The van der Waals surface area contributed by atoms with Crippen molar-refractivity contribution in [2.75, 3.05) is 5.32 Å². The van der Waals surface area contributed by atoms with Gasteiger partial charge in [0.2, 0.25) is 5.13 Å². The van der Waals surface area contributed by atoms with Gasteiger partial charge in [0.15, 0.2) is 0 Å². The van der Waals surface area contributed by atoms with Crippen molar-refractivity contribution in [2.45, 2.75) is 50.9 Å². The molecule has 8 rings (SSSR count). The second-order valence-electron chi connectivity index (χ2n) is 10.2. The normalized spacial score (nSPS) is 28.0. The van der Waals surface area contributed by atoms with E-state index in [4.69, 9.17) is 0 Å². The van der Waals surface area contributed by atoms with Gasteiger partial charge in [0.25, 0.3) is 5.91 Å². The lowest BCUT2D eigenvalue weighted by atomic mass is 9.50. The molecule has 3 heterocycles. The maximum absolute atomic E-state index is 13.1. The first-order valence-electron chi connectivity index (χ1n) is 11.8. The Morgan fingerprint density at radius 3 is 2.42 bits per heavy atom. The van der Waals surface area contributed by atoms with Gasteiger partial charge in [0, 0.05) is 10.8 Å². The Hall–Kier alpha value is -2.58. The Morgan fingerprint density at radius 1 is 1.03 bits per heavy atom. The summed E-state index contributed by atoms with van der Waals surface area (Å²) in [5.41, 5.74) is 2.13. The Labute approximate surface area is 200 Å². The first kappa shape index (κ1) is 19.9. The highest BCUT2D eigenvalue weighted by Crippen LogP contribution is 2.61. The zero-order valence-electron chi connectivity index (χ0n) is 18.5. The second-order valence-corrected chi connectivity index (χ2v) is 12.2. The van der Waals surface area contributed by atoms with Crippen molar-refractivity contribution in [3.05, 3.63) is 52.0 Å². The predicted octanol–water partition coefficient (Wildman–Crippen LogP) is 5.97. The fraction of sp³-hybridized carbons (Fsp3) is 0.440. The molecule has 4 saturated carbocycles. The lowest BCUT2D eigenvalue weighted by Crippen LogP contribution is -2.48. The number of aryl methyl sites for hydroxylation is 1. The highest BCUT2D eigenvalue weighted by atomic mass is 32.1. The third-order valence-corrected chi connectivity index (χ3v) is 10.1. The summed E-state index contributed by atoms with van der Waals surface area (Å²) < 4.78 is 1.92. The average Bonchev–Trinajstić information content (AvgIpc) is 3.51. The van der Waals surface area contributed by atoms with E-state index in [1.165, 1.54) is 49.9 Å². The Balaban J connectivity index is 1.15. The molecule has 0 aliphatic heterocycles. The van der Waals surface area contributed by atoms with Crippen molar-refractivity contribution < 1.29 is 4.79 Å². The van der Waals surface area contributed by atoms with E-state index in [-0.39, 0.29) is 11.3 Å². The Bertz CT molecular complexity index is 1330. The van der Waals surface area contributed by atoms with Crippen LogP contribution in [0.3, 0.4) is 0 Å². The molecule has 4 aromatic rings. The van der Waals surface area contributed by atoms with Gasteiger partial charge in [-0.25, -0.2) is 4.68 Å². The number of fused-ring (bicyclic) bond motifs is 1. The van der Waals surface area contributed by atoms with Crippen LogP contribution in [-0.2, 0) is 5.41 Å². The van der Waals surface area contributed by atoms with Gasteiger partial charge < -0.3 is 0 Å². The number of anilines is 1. The van der Waals surface area contributed by atoms with Crippen LogP contribution in [0.15, 0.2) is 36.4 Å². The van der Waals surface area contributed by atoms with Crippen LogP contribution < -0.4 is 5.32 Å². The molecule has 4 aliphatic rings. The van der Waals surface area contributed by atoms with E-state index in [0.717, 1.165) is 44.4 Å². The van der Waals surface area contributed by atoms with E-state index >= 15 is 0 Å². The maximum Gasteiger partial charge on any atom is 0.267 e. The van der Waals surface area contributed by atoms with Crippen LogP contribution in [0.4, 0.5) is 5.13 Å². The van der Waals surface area contributed by atoms with Gasteiger partial charge in [-0.05, 0) is 81.4 Å². The van der Waals surface area contributed by atoms with Gasteiger partial charge in [-0.1, -0.05) is 29.5 Å². The van der Waals surface area contributed by atoms with Crippen LogP contribution in [-0.4, -0.2) is 25.9 Å². The topological polar surface area (TPSA) is 72.7 Å². The zero-order chi connectivity index (χ0) is 22.2. The van der Waals surface area contributed by atoms with E-state index in [1.807, 2.05) is 48.0 Å². The third-order valence-electron chi connectivity index (χ3n) is 7.91. The highest BCUT2D eigenvalue weighted by Gasteiger charge is 2.53. The first-order valence-corrected chi connectivity index (χ1v) is 13.4. The molecule has 1 aromatic carbocycles. The molecule has 168 valence electrons. The standard InChI is InChI=1S/C25H25N5OS2/c1-14-19-10-20(32-22(19)30(29-14)18-5-3-2-4-6-18)21(31)26-24-28-27-23(33-24)25-11-15-7-16(12-25)9-17(8-15)13-25/h2-6,10,15-17H,7-9,11-13H2,1H3,(H,26,28,31). The minimum Gasteiger partial charge on any atom is -0.296 e. The number of rotatable bonds is 4. The summed E-state index contributed by atoms with van der Waals surface area (Å²) in [6.45, 7) is 1.98. The van der Waals surface area contributed by atoms with Gasteiger partial charge in [-0.3, -0.25) is 10.1 Å². The fourth-order valence-electron chi connectivity index (χ4n) is 6.92. The summed E-state index contributed by atoms with van der Waals surface area (Å²) in [5.74, 6) is 2.47. The number of carbonyl (C=O) groups is 1. The highest BCUT2D eigenvalue weighted by molar-refractivity contribution is 7.20. The third kappa shape index (κ3) is 3.18. The number of amides is 1. The molecule has 0 saturated heterocycles. The molecule has 0 spiro atoms. The number of benzene rings is 1. The molecule has 4 fully saturated rings. The number of para-hydroxylation sites is 1. The first-order chi connectivity index (χ1) is 16.1. The lowest BCUT2D eigenvalue weighted by Gasteiger charge is -2.55. The minimum absolute atomic E-state index is 0.122. The molecule has 3 aromatic heterocycles. The number of carbonyl (C=O) groups excluding carboxylic acids is 1. The minimum atomic E-state index is -0.122. The molecule has 1 N–H and O–H groups in total. The molecule has 8 heteroatoms. The van der Waals surface area contributed by atoms with Crippen LogP contribution >= 0.6 is 22.7 Å².